The van der Waals surface area contributed by atoms with Crippen molar-refractivity contribution in [3.8, 4) is 0 Å². The summed E-state index contributed by atoms with van der Waals surface area (Å²) < 4.78 is 0. The van der Waals surface area contributed by atoms with E-state index in [4.69, 9.17) is 10.2 Å². The number of aliphatic carboxylic acids is 2. The molecule has 0 saturated heterocycles. The smallest absolute Gasteiger partial charge is 0.327 e. The Balaban J connectivity index is -0.000000107. The number of rotatable bonds is 2. The molecule has 0 unspecified atom stereocenters. The van der Waals surface area contributed by atoms with Crippen LogP contribution < -0.4 is 0 Å². The van der Waals surface area contributed by atoms with E-state index >= 15 is 0 Å². The van der Waals surface area contributed by atoms with E-state index in [9.17, 15) is 9.59 Å². The molecule has 0 atom stereocenters. The molecule has 0 bridgehead atoms. The van der Waals surface area contributed by atoms with Crippen molar-refractivity contribution in [3.05, 3.63) is 12.7 Å². The molecule has 0 saturated carbocycles. The van der Waals surface area contributed by atoms with Crippen LogP contribution in [0.2, 0.25) is 0 Å². The molecule has 0 rings (SSSR count). The molecule has 60 valence electrons. The normalized spacial score (nSPS) is 6.27. The Hall–Kier alpha value is -0.697. The summed E-state index contributed by atoms with van der Waals surface area (Å²) in [5.41, 5.74) is 0. The monoisotopic (exact) mass is 210 g/mol. The Kier molecular flexibility index (Phi) is 18.3. The van der Waals surface area contributed by atoms with Gasteiger partial charge in [0.2, 0.25) is 0 Å². The zero-order valence-corrected chi connectivity index (χ0v) is 9.38. The molecule has 0 amide bonds. The summed E-state index contributed by atoms with van der Waals surface area (Å²) >= 11 is 0. The van der Waals surface area contributed by atoms with Crippen LogP contribution in [0.1, 0.15) is 13.3 Å². The van der Waals surface area contributed by atoms with E-state index in [-0.39, 0.29) is 25.9 Å². The second kappa shape index (κ2) is 12.0. The minimum atomic E-state index is -0.981. The predicted octanol–water partition coefficient (Wildman–Crippen LogP) is 0.736. The Labute approximate surface area is 77.7 Å². The maximum absolute atomic E-state index is 9.37. The summed E-state index contributed by atoms with van der Waals surface area (Å²) in [6.07, 6.45) is 1.06. The van der Waals surface area contributed by atoms with Gasteiger partial charge in [0.05, 0.1) is 0 Å². The summed E-state index contributed by atoms with van der Waals surface area (Å²) in [6.45, 7) is 4.56. The van der Waals surface area contributed by atoms with Crippen molar-refractivity contribution in [3.63, 3.8) is 0 Å². The molecule has 0 spiro atoms. The van der Waals surface area contributed by atoms with Crippen LogP contribution in [0.5, 0.6) is 0 Å². The molecular weight excluding hydrogens is 201 g/mol. The largest absolute Gasteiger partial charge is 0.481 e. The summed E-state index contributed by atoms with van der Waals surface area (Å²) in [4.78, 5) is 18.6. The van der Waals surface area contributed by atoms with Gasteiger partial charge in [-0.05, 0) is 0 Å². The van der Waals surface area contributed by atoms with Gasteiger partial charge in [-0.3, -0.25) is 4.79 Å². The van der Waals surface area contributed by atoms with Crippen LogP contribution in [0.25, 0.3) is 0 Å². The Bertz CT molecular complexity index is 133. The first-order valence-electron chi connectivity index (χ1n) is 2.61. The van der Waals surface area contributed by atoms with Crippen LogP contribution >= 0.6 is 0 Å². The van der Waals surface area contributed by atoms with Crippen molar-refractivity contribution in [2.75, 3.05) is 0 Å². The minimum Gasteiger partial charge on any atom is -0.481 e. The van der Waals surface area contributed by atoms with Crippen molar-refractivity contribution < 1.29 is 39.3 Å². The van der Waals surface area contributed by atoms with Gasteiger partial charge in [-0.2, -0.15) is 0 Å². The second-order valence-electron chi connectivity index (χ2n) is 1.29. The van der Waals surface area contributed by atoms with Gasteiger partial charge in [0.15, 0.2) is 0 Å². The fourth-order valence-corrected chi connectivity index (χ4v) is 0. The van der Waals surface area contributed by atoms with Crippen molar-refractivity contribution in [2.24, 2.45) is 0 Å². The quantitative estimate of drug-likeness (QED) is 0.522. The standard InChI is InChI=1S/C3H6O2.C3H4O2.Zn/c2*1-2-3(4)5;/h2H2,1H3,(H,4,5);2H,1H2,(H,4,5);. The number of carboxylic acid groups (broad SMARTS) is 2. The van der Waals surface area contributed by atoms with Crippen LogP contribution in [0, 0.1) is 0 Å². The molecule has 0 aromatic carbocycles. The molecular formula is C6H10O4Zn. The Morgan fingerprint density at radius 3 is 1.64 bits per heavy atom. The predicted molar refractivity (Wildman–Crippen MR) is 35.8 cm³/mol. The molecule has 0 aromatic heterocycles. The van der Waals surface area contributed by atoms with E-state index in [0.29, 0.717) is 0 Å². The average Bonchev–Trinajstić information content (AvgIpc) is 1.89. The first-order valence-corrected chi connectivity index (χ1v) is 2.61. The van der Waals surface area contributed by atoms with E-state index in [1.165, 1.54) is 0 Å². The number of hydrogen-bond donors (Lipinski definition) is 2. The number of hydrogen-bond acceptors (Lipinski definition) is 2. The van der Waals surface area contributed by atoms with Crippen molar-refractivity contribution in [1.29, 1.82) is 0 Å². The molecule has 2 N–H and O–H groups in total. The van der Waals surface area contributed by atoms with E-state index in [1.807, 2.05) is 0 Å². The molecule has 4 nitrogen and oxygen atoms in total. The van der Waals surface area contributed by atoms with Gasteiger partial charge >= 0.3 is 11.9 Å². The van der Waals surface area contributed by atoms with Crippen LogP contribution in [0.4, 0.5) is 0 Å². The fraction of sp³-hybridized carbons (Fsp3) is 0.333. The van der Waals surface area contributed by atoms with Crippen LogP contribution in [-0.2, 0) is 29.1 Å². The zero-order chi connectivity index (χ0) is 8.57. The van der Waals surface area contributed by atoms with Gasteiger partial charge in [-0.1, -0.05) is 13.5 Å². The Morgan fingerprint density at radius 2 is 1.64 bits per heavy atom. The van der Waals surface area contributed by atoms with E-state index in [2.05, 4.69) is 6.58 Å². The van der Waals surface area contributed by atoms with E-state index in [0.717, 1.165) is 6.08 Å². The van der Waals surface area contributed by atoms with Crippen molar-refractivity contribution in [1.82, 2.24) is 0 Å². The fourth-order valence-electron chi connectivity index (χ4n) is 0. The van der Waals surface area contributed by atoms with Gasteiger partial charge < -0.3 is 10.2 Å². The molecule has 0 aliphatic carbocycles. The third-order valence-corrected chi connectivity index (χ3v) is 0.477. The van der Waals surface area contributed by atoms with Gasteiger partial charge in [0, 0.05) is 32.0 Å². The molecule has 0 aromatic rings. The minimum absolute atomic E-state index is 0. The summed E-state index contributed by atoms with van der Waals surface area (Å²) in [7, 11) is 0. The molecule has 5 heteroatoms. The zero-order valence-electron chi connectivity index (χ0n) is 6.41. The summed E-state index contributed by atoms with van der Waals surface area (Å²) in [5, 5.41) is 15.3. The number of carboxylic acids is 2. The summed E-state index contributed by atoms with van der Waals surface area (Å²) in [5.74, 6) is -1.73. The second-order valence-corrected chi connectivity index (χ2v) is 1.29. The maximum Gasteiger partial charge on any atom is 0.327 e. The van der Waals surface area contributed by atoms with Gasteiger partial charge in [-0.25, -0.2) is 4.79 Å². The third kappa shape index (κ3) is 45.5. The molecule has 0 aliphatic heterocycles. The molecule has 0 radical (unpaired) electrons. The molecule has 0 aliphatic rings. The Morgan fingerprint density at radius 1 is 1.45 bits per heavy atom. The van der Waals surface area contributed by atoms with Crippen LogP contribution in [0.15, 0.2) is 12.7 Å². The van der Waals surface area contributed by atoms with Crippen LogP contribution in [0.3, 0.4) is 0 Å². The van der Waals surface area contributed by atoms with Gasteiger partial charge in [0.1, 0.15) is 0 Å². The van der Waals surface area contributed by atoms with Gasteiger partial charge in [0.25, 0.3) is 0 Å². The van der Waals surface area contributed by atoms with Gasteiger partial charge in [-0.15, -0.1) is 0 Å². The maximum atomic E-state index is 9.37. The van der Waals surface area contributed by atoms with E-state index < -0.39 is 11.9 Å². The van der Waals surface area contributed by atoms with E-state index in [1.54, 1.807) is 6.92 Å². The first-order chi connectivity index (χ1) is 4.54. The topological polar surface area (TPSA) is 74.6 Å². The van der Waals surface area contributed by atoms with Crippen molar-refractivity contribution in [2.45, 2.75) is 13.3 Å². The molecule has 0 fully saturated rings. The third-order valence-electron chi connectivity index (χ3n) is 0.477. The molecule has 11 heavy (non-hydrogen) atoms. The summed E-state index contributed by atoms with van der Waals surface area (Å²) in [6, 6.07) is 0. The average molecular weight is 212 g/mol. The molecule has 0 heterocycles. The SMILES string of the molecule is C=CC(=O)O.CCC(=O)O.[Zn]. The van der Waals surface area contributed by atoms with Crippen LogP contribution in [-0.4, -0.2) is 22.2 Å². The van der Waals surface area contributed by atoms with Crippen molar-refractivity contribution >= 4 is 11.9 Å². The number of carbonyl (C=O) groups is 2. The first kappa shape index (κ1) is 16.7.